The molecule has 0 aliphatic heterocycles. The number of phenols is 1. The Balaban J connectivity index is 0. The molecule has 0 radical (unpaired) electrons. The topological polar surface area (TPSA) is 72.3 Å². The van der Waals surface area contributed by atoms with E-state index in [1.165, 1.54) is 0 Å². The van der Waals surface area contributed by atoms with Gasteiger partial charge in [0.15, 0.2) is 0 Å². The van der Waals surface area contributed by atoms with Crippen LogP contribution in [0.1, 0.15) is 32.3 Å². The van der Waals surface area contributed by atoms with Crippen molar-refractivity contribution in [3.63, 3.8) is 0 Å². The van der Waals surface area contributed by atoms with Gasteiger partial charge in [0.25, 0.3) is 0 Å². The molecule has 0 aliphatic rings. The Morgan fingerprint density at radius 1 is 1.19 bits per heavy atom. The summed E-state index contributed by atoms with van der Waals surface area (Å²) in [6.45, 7) is 4.01. The molecule has 16 heavy (non-hydrogen) atoms. The lowest BCUT2D eigenvalue weighted by Crippen LogP contribution is -2.35. The van der Waals surface area contributed by atoms with Gasteiger partial charge in [-0.05, 0) is 31.0 Å². The van der Waals surface area contributed by atoms with Crippen LogP contribution < -0.4 is 11.5 Å². The van der Waals surface area contributed by atoms with Gasteiger partial charge in [0, 0.05) is 16.8 Å². The minimum atomic E-state index is -0.473. The van der Waals surface area contributed by atoms with Gasteiger partial charge in [-0.2, -0.15) is 0 Å². The summed E-state index contributed by atoms with van der Waals surface area (Å²) in [7, 11) is 0. The molecule has 0 spiro atoms. The zero-order valence-corrected chi connectivity index (χ0v) is 11.2. The molecule has 0 amide bonds. The summed E-state index contributed by atoms with van der Waals surface area (Å²) in [4.78, 5) is 0. The second kappa shape index (κ2) is 6.84. The van der Waals surface area contributed by atoms with Crippen LogP contribution in [0.15, 0.2) is 18.2 Å². The minimum absolute atomic E-state index is 0. The predicted octanol–water partition coefficient (Wildman–Crippen LogP) is 2.79. The zero-order chi connectivity index (χ0) is 10.8. The molecule has 1 rings (SSSR count). The third-order valence-electron chi connectivity index (χ3n) is 2.82. The third kappa shape index (κ3) is 3.44. The van der Waals surface area contributed by atoms with Crippen LogP contribution in [0.25, 0.3) is 0 Å². The molecule has 1 aromatic carbocycles. The lowest BCUT2D eigenvalue weighted by atomic mass is 9.85. The number of nitrogen functional groups attached to an aromatic ring is 1. The number of halogens is 2. The van der Waals surface area contributed by atoms with Crippen molar-refractivity contribution in [1.29, 1.82) is 0 Å². The first-order chi connectivity index (χ1) is 6.53. The van der Waals surface area contributed by atoms with Gasteiger partial charge in [-0.25, -0.2) is 0 Å². The summed E-state index contributed by atoms with van der Waals surface area (Å²) < 4.78 is 0. The van der Waals surface area contributed by atoms with Gasteiger partial charge in [-0.15, -0.1) is 24.8 Å². The van der Waals surface area contributed by atoms with Gasteiger partial charge in [-0.3, -0.25) is 0 Å². The first kappa shape index (κ1) is 17.7. The molecule has 0 saturated heterocycles. The number of hydrogen-bond acceptors (Lipinski definition) is 3. The highest BCUT2D eigenvalue weighted by Crippen LogP contribution is 2.33. The van der Waals surface area contributed by atoms with Gasteiger partial charge in [-0.1, -0.05) is 13.8 Å². The Morgan fingerprint density at radius 2 is 1.69 bits per heavy atom. The normalized spacial score (nSPS) is 10.2. The average Bonchev–Trinajstić information content (AvgIpc) is 2.20. The van der Waals surface area contributed by atoms with Crippen molar-refractivity contribution in [3.05, 3.63) is 23.8 Å². The van der Waals surface area contributed by atoms with E-state index in [0.29, 0.717) is 5.69 Å². The first-order valence-corrected chi connectivity index (χ1v) is 4.91. The number of benzene rings is 1. The van der Waals surface area contributed by atoms with E-state index in [1.54, 1.807) is 18.2 Å². The second-order valence-electron chi connectivity index (χ2n) is 3.64. The van der Waals surface area contributed by atoms with Crippen molar-refractivity contribution < 1.29 is 5.11 Å². The van der Waals surface area contributed by atoms with Crippen molar-refractivity contribution >= 4 is 30.5 Å². The van der Waals surface area contributed by atoms with E-state index in [9.17, 15) is 5.11 Å². The van der Waals surface area contributed by atoms with Crippen molar-refractivity contribution in [2.45, 2.75) is 32.2 Å². The van der Waals surface area contributed by atoms with Crippen LogP contribution in [0.4, 0.5) is 5.69 Å². The maximum atomic E-state index is 9.70. The molecule has 0 aliphatic carbocycles. The fourth-order valence-electron chi connectivity index (χ4n) is 1.58. The number of aromatic hydroxyl groups is 1. The molecule has 1 aromatic rings. The fourth-order valence-corrected chi connectivity index (χ4v) is 1.58. The van der Waals surface area contributed by atoms with E-state index in [0.717, 1.165) is 18.4 Å². The Bertz CT molecular complexity index is 328. The van der Waals surface area contributed by atoms with E-state index in [2.05, 4.69) is 0 Å². The summed E-state index contributed by atoms with van der Waals surface area (Å²) >= 11 is 0. The average molecular weight is 267 g/mol. The van der Waals surface area contributed by atoms with Gasteiger partial charge >= 0.3 is 0 Å². The minimum Gasteiger partial charge on any atom is -0.508 e. The molecule has 5 N–H and O–H groups in total. The number of anilines is 1. The summed E-state index contributed by atoms with van der Waals surface area (Å²) in [5, 5.41) is 9.70. The lowest BCUT2D eigenvalue weighted by molar-refractivity contribution is 0.381. The maximum Gasteiger partial charge on any atom is 0.120 e. The molecular weight excluding hydrogens is 247 g/mol. The van der Waals surface area contributed by atoms with E-state index in [4.69, 9.17) is 11.5 Å². The summed E-state index contributed by atoms with van der Waals surface area (Å²) in [6, 6.07) is 5.02. The van der Waals surface area contributed by atoms with E-state index in [-0.39, 0.29) is 30.6 Å². The lowest BCUT2D eigenvalue weighted by Gasteiger charge is -2.28. The van der Waals surface area contributed by atoms with Crippen LogP contribution in [0.2, 0.25) is 0 Å². The van der Waals surface area contributed by atoms with Crippen molar-refractivity contribution in [2.24, 2.45) is 5.73 Å². The van der Waals surface area contributed by atoms with Crippen LogP contribution in [-0.4, -0.2) is 5.11 Å². The Kier molecular flexibility index (Phi) is 7.58. The molecule has 0 heterocycles. The standard InChI is InChI=1S/C11H18N2O.2ClH/c1-3-11(13,4-2)9-7-8(12)5-6-10(9)14;;/h5-7,14H,3-4,12-13H2,1-2H3;2*1H. The van der Waals surface area contributed by atoms with Crippen LogP contribution in [0.3, 0.4) is 0 Å². The monoisotopic (exact) mass is 266 g/mol. The highest BCUT2D eigenvalue weighted by Gasteiger charge is 2.25. The number of rotatable bonds is 3. The van der Waals surface area contributed by atoms with Crippen LogP contribution in [-0.2, 0) is 5.54 Å². The van der Waals surface area contributed by atoms with Gasteiger partial charge in [0.05, 0.1) is 0 Å². The second-order valence-corrected chi connectivity index (χ2v) is 3.64. The third-order valence-corrected chi connectivity index (χ3v) is 2.82. The van der Waals surface area contributed by atoms with Gasteiger partial charge < -0.3 is 16.6 Å². The highest BCUT2D eigenvalue weighted by molar-refractivity contribution is 5.85. The molecule has 94 valence electrons. The Labute approximate surface area is 109 Å². The van der Waals surface area contributed by atoms with Crippen molar-refractivity contribution in [3.8, 4) is 5.75 Å². The summed E-state index contributed by atoms with van der Waals surface area (Å²) in [5.74, 6) is 0.227. The molecule has 0 aromatic heterocycles. The van der Waals surface area contributed by atoms with Gasteiger partial charge in [0.2, 0.25) is 0 Å². The first-order valence-electron chi connectivity index (χ1n) is 4.91. The van der Waals surface area contributed by atoms with Crippen molar-refractivity contribution in [1.82, 2.24) is 0 Å². The maximum absolute atomic E-state index is 9.70. The van der Waals surface area contributed by atoms with E-state index >= 15 is 0 Å². The quantitative estimate of drug-likeness (QED) is 0.582. The molecule has 0 bridgehead atoms. The van der Waals surface area contributed by atoms with Crippen molar-refractivity contribution in [2.75, 3.05) is 5.73 Å². The van der Waals surface area contributed by atoms with Crippen LogP contribution >= 0.6 is 24.8 Å². The number of nitrogens with two attached hydrogens (primary N) is 2. The SMILES string of the molecule is CCC(N)(CC)c1cc(N)ccc1O.Cl.Cl. The molecule has 5 heteroatoms. The largest absolute Gasteiger partial charge is 0.508 e. The molecule has 0 atom stereocenters. The highest BCUT2D eigenvalue weighted by atomic mass is 35.5. The smallest absolute Gasteiger partial charge is 0.120 e. The fraction of sp³-hybridized carbons (Fsp3) is 0.455. The Morgan fingerprint density at radius 3 is 2.12 bits per heavy atom. The summed E-state index contributed by atoms with van der Waals surface area (Å²) in [5.41, 5.74) is 12.7. The molecule has 0 unspecified atom stereocenters. The number of hydrogen-bond donors (Lipinski definition) is 3. The van der Waals surface area contributed by atoms with E-state index in [1.807, 2.05) is 13.8 Å². The summed E-state index contributed by atoms with van der Waals surface area (Å²) in [6.07, 6.45) is 1.56. The van der Waals surface area contributed by atoms with Gasteiger partial charge in [0.1, 0.15) is 5.75 Å². The zero-order valence-electron chi connectivity index (χ0n) is 9.56. The predicted molar refractivity (Wildman–Crippen MR) is 73.5 cm³/mol. The number of phenolic OH excluding ortho intramolecular Hbond substituents is 1. The van der Waals surface area contributed by atoms with E-state index < -0.39 is 5.54 Å². The molecule has 0 fully saturated rings. The molecule has 0 saturated carbocycles. The Hall–Kier alpha value is -0.640. The molecule has 3 nitrogen and oxygen atoms in total. The molecular formula is C11H20Cl2N2O. The van der Waals surface area contributed by atoms with Crippen LogP contribution in [0, 0.1) is 0 Å². The van der Waals surface area contributed by atoms with Crippen LogP contribution in [0.5, 0.6) is 5.75 Å².